The number of rotatable bonds is 9. The second-order valence-corrected chi connectivity index (χ2v) is 9.06. The number of amides is 1. The van der Waals surface area contributed by atoms with Crippen LogP contribution in [0.25, 0.3) is 0 Å². The maximum atomic E-state index is 12.5. The fourth-order valence-electron chi connectivity index (χ4n) is 2.79. The van der Waals surface area contributed by atoms with Crippen LogP contribution in [0.3, 0.4) is 0 Å². The Bertz CT molecular complexity index is 1100. The predicted molar refractivity (Wildman–Crippen MR) is 122 cm³/mol. The van der Waals surface area contributed by atoms with Gasteiger partial charge < -0.3 is 10.1 Å². The van der Waals surface area contributed by atoms with E-state index in [9.17, 15) is 13.2 Å². The molecule has 31 heavy (non-hydrogen) atoms. The molecule has 162 valence electrons. The molecule has 1 unspecified atom stereocenters. The van der Waals surface area contributed by atoms with Crippen molar-refractivity contribution in [1.29, 1.82) is 0 Å². The first-order valence-electron chi connectivity index (χ1n) is 9.70. The molecule has 0 aliphatic rings. The largest absolute Gasteiger partial charge is 0.481 e. The molecule has 1 amide bonds. The van der Waals surface area contributed by atoms with E-state index in [-0.39, 0.29) is 10.8 Å². The van der Waals surface area contributed by atoms with Gasteiger partial charge in [-0.05, 0) is 67.4 Å². The number of benzene rings is 3. The van der Waals surface area contributed by atoms with Gasteiger partial charge in [0.2, 0.25) is 10.0 Å². The molecule has 0 aliphatic heterocycles. The molecule has 0 saturated heterocycles. The minimum atomic E-state index is -3.63. The standard InChI is InChI=1S/C23H23ClN2O4S/c1-17(30-21-11-7-19(24)8-12-21)23(27)26-20-9-13-22(14-10-20)31(28,29)25-16-15-18-5-3-2-4-6-18/h2-14,17,25H,15-16H2,1H3,(H,26,27). The molecule has 0 aliphatic carbocycles. The maximum Gasteiger partial charge on any atom is 0.265 e. The number of sulfonamides is 1. The van der Waals surface area contributed by atoms with E-state index in [4.69, 9.17) is 16.3 Å². The molecule has 8 heteroatoms. The zero-order chi connectivity index (χ0) is 22.3. The molecule has 0 bridgehead atoms. The summed E-state index contributed by atoms with van der Waals surface area (Å²) < 4.78 is 33.1. The van der Waals surface area contributed by atoms with Crippen LogP contribution in [0, 0.1) is 0 Å². The van der Waals surface area contributed by atoms with Crippen LogP contribution in [0.4, 0.5) is 5.69 Å². The van der Waals surface area contributed by atoms with Gasteiger partial charge in [-0.25, -0.2) is 13.1 Å². The highest BCUT2D eigenvalue weighted by Crippen LogP contribution is 2.18. The molecule has 0 heterocycles. The molecule has 0 spiro atoms. The first-order chi connectivity index (χ1) is 14.8. The van der Waals surface area contributed by atoms with Gasteiger partial charge in [0.05, 0.1) is 4.90 Å². The smallest absolute Gasteiger partial charge is 0.265 e. The number of anilines is 1. The number of hydrogen-bond donors (Lipinski definition) is 2. The van der Waals surface area contributed by atoms with Crippen LogP contribution in [0.1, 0.15) is 12.5 Å². The third kappa shape index (κ3) is 6.82. The van der Waals surface area contributed by atoms with E-state index in [0.29, 0.717) is 29.4 Å². The fourth-order valence-corrected chi connectivity index (χ4v) is 3.95. The summed E-state index contributed by atoms with van der Waals surface area (Å²) in [4.78, 5) is 12.5. The zero-order valence-electron chi connectivity index (χ0n) is 16.9. The van der Waals surface area contributed by atoms with Crippen molar-refractivity contribution >= 4 is 33.2 Å². The van der Waals surface area contributed by atoms with E-state index in [1.807, 2.05) is 30.3 Å². The summed E-state index contributed by atoms with van der Waals surface area (Å²) in [5.41, 5.74) is 1.53. The quantitative estimate of drug-likeness (QED) is 0.501. The Balaban J connectivity index is 1.53. The van der Waals surface area contributed by atoms with Gasteiger partial charge in [0, 0.05) is 17.3 Å². The number of nitrogens with one attached hydrogen (secondary N) is 2. The van der Waals surface area contributed by atoms with Crippen molar-refractivity contribution in [3.63, 3.8) is 0 Å². The molecule has 2 N–H and O–H groups in total. The first kappa shape index (κ1) is 22.8. The minimum absolute atomic E-state index is 0.129. The summed E-state index contributed by atoms with van der Waals surface area (Å²) in [6, 6.07) is 22.3. The molecule has 6 nitrogen and oxygen atoms in total. The topological polar surface area (TPSA) is 84.5 Å². The number of halogens is 1. The summed E-state index contributed by atoms with van der Waals surface area (Å²) in [5.74, 6) is 0.168. The third-order valence-corrected chi connectivity index (χ3v) is 6.21. The highest BCUT2D eigenvalue weighted by molar-refractivity contribution is 7.89. The van der Waals surface area contributed by atoms with Gasteiger partial charge in [-0.1, -0.05) is 41.9 Å². The SMILES string of the molecule is CC(Oc1ccc(Cl)cc1)C(=O)Nc1ccc(S(=O)(=O)NCCc2ccccc2)cc1. The minimum Gasteiger partial charge on any atom is -0.481 e. The fraction of sp³-hybridized carbons (Fsp3) is 0.174. The van der Waals surface area contributed by atoms with Crippen LogP contribution >= 0.6 is 11.6 Å². The number of carbonyl (C=O) groups is 1. The first-order valence-corrected chi connectivity index (χ1v) is 11.6. The van der Waals surface area contributed by atoms with Crippen molar-refractivity contribution in [2.75, 3.05) is 11.9 Å². The molecule has 0 radical (unpaired) electrons. The van der Waals surface area contributed by atoms with Crippen LogP contribution in [0.15, 0.2) is 83.8 Å². The van der Waals surface area contributed by atoms with Gasteiger partial charge in [-0.15, -0.1) is 0 Å². The van der Waals surface area contributed by atoms with E-state index in [0.717, 1.165) is 5.56 Å². The molecule has 3 rings (SSSR count). The number of carbonyl (C=O) groups excluding carboxylic acids is 1. The number of hydrogen-bond acceptors (Lipinski definition) is 4. The predicted octanol–water partition coefficient (Wildman–Crippen LogP) is 4.27. The lowest BCUT2D eigenvalue weighted by Gasteiger charge is -2.15. The summed E-state index contributed by atoms with van der Waals surface area (Å²) in [6.07, 6.45) is -0.149. The lowest BCUT2D eigenvalue weighted by atomic mass is 10.2. The Labute approximate surface area is 187 Å². The molecule has 1 atom stereocenters. The lowest BCUT2D eigenvalue weighted by Crippen LogP contribution is -2.30. The van der Waals surface area contributed by atoms with E-state index in [1.165, 1.54) is 12.1 Å². The Hall–Kier alpha value is -2.87. The summed E-state index contributed by atoms with van der Waals surface area (Å²) in [5, 5.41) is 3.29. The molecule has 3 aromatic rings. The van der Waals surface area contributed by atoms with Crippen molar-refractivity contribution in [1.82, 2.24) is 4.72 Å². The maximum absolute atomic E-state index is 12.5. The van der Waals surface area contributed by atoms with Gasteiger partial charge in [0.25, 0.3) is 5.91 Å². The van der Waals surface area contributed by atoms with Crippen molar-refractivity contribution in [3.8, 4) is 5.75 Å². The van der Waals surface area contributed by atoms with E-state index in [2.05, 4.69) is 10.0 Å². The number of ether oxygens (including phenoxy) is 1. The molecule has 0 aromatic heterocycles. The van der Waals surface area contributed by atoms with Gasteiger partial charge in [0.15, 0.2) is 6.10 Å². The van der Waals surface area contributed by atoms with Crippen molar-refractivity contribution < 1.29 is 17.9 Å². The summed E-state index contributed by atoms with van der Waals surface area (Å²) in [6.45, 7) is 1.92. The molecule has 3 aromatic carbocycles. The van der Waals surface area contributed by atoms with Gasteiger partial charge in [-0.2, -0.15) is 0 Å². The average molecular weight is 459 g/mol. The molecular weight excluding hydrogens is 436 g/mol. The van der Waals surface area contributed by atoms with E-state index < -0.39 is 16.1 Å². The Morgan fingerprint density at radius 3 is 2.26 bits per heavy atom. The van der Waals surface area contributed by atoms with Crippen molar-refractivity contribution in [2.24, 2.45) is 0 Å². The van der Waals surface area contributed by atoms with Crippen LogP contribution in [-0.4, -0.2) is 27.0 Å². The van der Waals surface area contributed by atoms with Crippen molar-refractivity contribution in [3.05, 3.63) is 89.4 Å². The molecular formula is C23H23ClN2O4S. The Kier molecular flexibility index (Phi) is 7.68. The summed E-state index contributed by atoms with van der Waals surface area (Å²) >= 11 is 5.84. The summed E-state index contributed by atoms with van der Waals surface area (Å²) in [7, 11) is -3.63. The molecule has 0 saturated carbocycles. The van der Waals surface area contributed by atoms with E-state index >= 15 is 0 Å². The highest BCUT2D eigenvalue weighted by Gasteiger charge is 2.17. The lowest BCUT2D eigenvalue weighted by molar-refractivity contribution is -0.122. The van der Waals surface area contributed by atoms with Crippen LogP contribution in [-0.2, 0) is 21.2 Å². The van der Waals surface area contributed by atoms with Gasteiger partial charge >= 0.3 is 0 Å². The van der Waals surface area contributed by atoms with Crippen LogP contribution in [0.5, 0.6) is 5.75 Å². The van der Waals surface area contributed by atoms with Crippen LogP contribution < -0.4 is 14.8 Å². The van der Waals surface area contributed by atoms with Crippen molar-refractivity contribution in [2.45, 2.75) is 24.3 Å². The normalized spacial score (nSPS) is 12.2. The average Bonchev–Trinajstić information content (AvgIpc) is 2.76. The molecule has 0 fully saturated rings. The second-order valence-electron chi connectivity index (χ2n) is 6.86. The Morgan fingerprint density at radius 2 is 1.61 bits per heavy atom. The van der Waals surface area contributed by atoms with Crippen LogP contribution in [0.2, 0.25) is 5.02 Å². The monoisotopic (exact) mass is 458 g/mol. The van der Waals surface area contributed by atoms with Gasteiger partial charge in [0.1, 0.15) is 5.75 Å². The second kappa shape index (κ2) is 10.4. The highest BCUT2D eigenvalue weighted by atomic mass is 35.5. The zero-order valence-corrected chi connectivity index (χ0v) is 18.5. The Morgan fingerprint density at radius 1 is 0.968 bits per heavy atom. The van der Waals surface area contributed by atoms with E-state index in [1.54, 1.807) is 43.3 Å². The van der Waals surface area contributed by atoms with Gasteiger partial charge in [-0.3, -0.25) is 4.79 Å². The third-order valence-electron chi connectivity index (χ3n) is 4.48.